The van der Waals surface area contributed by atoms with Crippen LogP contribution in [0.4, 0.5) is 4.79 Å². The maximum Gasteiger partial charge on any atom is 0.514 e. The van der Waals surface area contributed by atoms with Crippen molar-refractivity contribution in [2.45, 2.75) is 26.4 Å². The number of aliphatic carboxylic acids is 1. The van der Waals surface area contributed by atoms with Crippen molar-refractivity contribution in [3.8, 4) is 11.5 Å². The first-order valence-electron chi connectivity index (χ1n) is 6.21. The third-order valence-electron chi connectivity index (χ3n) is 2.19. The van der Waals surface area contributed by atoms with Crippen molar-refractivity contribution in [1.29, 1.82) is 0 Å². The van der Waals surface area contributed by atoms with Gasteiger partial charge in [-0.3, -0.25) is 0 Å². The minimum absolute atomic E-state index is 0.194. The van der Waals surface area contributed by atoms with Gasteiger partial charge in [0.05, 0.1) is 7.11 Å². The molecule has 21 heavy (non-hydrogen) atoms. The van der Waals surface area contributed by atoms with Gasteiger partial charge >= 0.3 is 12.1 Å². The molecule has 1 N–H and O–H groups in total. The predicted molar refractivity (Wildman–Crippen MR) is 76.5 cm³/mol. The molecule has 0 heterocycles. The van der Waals surface area contributed by atoms with Gasteiger partial charge in [-0.1, -0.05) is 6.07 Å². The molecule has 0 fully saturated rings. The van der Waals surface area contributed by atoms with Gasteiger partial charge in [-0.05, 0) is 44.5 Å². The van der Waals surface area contributed by atoms with Crippen molar-refractivity contribution in [2.24, 2.45) is 0 Å². The van der Waals surface area contributed by atoms with Crippen LogP contribution in [-0.2, 0) is 9.53 Å². The monoisotopic (exact) mass is 294 g/mol. The normalized spacial score (nSPS) is 11.2. The summed E-state index contributed by atoms with van der Waals surface area (Å²) in [5.41, 5.74) is -0.0557. The van der Waals surface area contributed by atoms with E-state index in [-0.39, 0.29) is 5.75 Å². The summed E-state index contributed by atoms with van der Waals surface area (Å²) in [4.78, 5) is 22.1. The lowest BCUT2D eigenvalue weighted by molar-refractivity contribution is -0.131. The van der Waals surface area contributed by atoms with Crippen molar-refractivity contribution in [3.63, 3.8) is 0 Å². The number of carbonyl (C=O) groups excluding carboxylic acids is 1. The Bertz CT molecular complexity index is 554. The van der Waals surface area contributed by atoms with Gasteiger partial charge in [-0.15, -0.1) is 0 Å². The molecule has 6 nitrogen and oxygen atoms in total. The molecule has 0 atom stereocenters. The molecule has 0 aliphatic carbocycles. The lowest BCUT2D eigenvalue weighted by Gasteiger charge is -2.19. The SMILES string of the molecule is COc1cc(/C=C/C(=O)O)ccc1OC(=O)OC(C)(C)C. The highest BCUT2D eigenvalue weighted by Gasteiger charge is 2.19. The standard InChI is InChI=1S/C15H18O6/c1-15(2,3)21-14(18)20-11-7-5-10(6-8-13(16)17)9-12(11)19-4/h5-9H,1-4H3,(H,16,17)/b8-6+. The second-order valence-corrected chi connectivity index (χ2v) is 5.15. The molecule has 1 rings (SSSR count). The third kappa shape index (κ3) is 5.99. The number of carboxylic acid groups (broad SMARTS) is 1. The highest BCUT2D eigenvalue weighted by Crippen LogP contribution is 2.29. The number of ether oxygens (including phenoxy) is 3. The summed E-state index contributed by atoms with van der Waals surface area (Å²) in [6.45, 7) is 5.18. The second kappa shape index (κ2) is 6.78. The first kappa shape index (κ1) is 16.6. The van der Waals surface area contributed by atoms with E-state index in [1.807, 2.05) is 0 Å². The average Bonchev–Trinajstić information content (AvgIpc) is 2.35. The molecule has 6 heteroatoms. The van der Waals surface area contributed by atoms with Crippen LogP contribution in [0, 0.1) is 0 Å². The van der Waals surface area contributed by atoms with E-state index in [9.17, 15) is 9.59 Å². The third-order valence-corrected chi connectivity index (χ3v) is 2.19. The molecule has 0 saturated carbocycles. The van der Waals surface area contributed by atoms with E-state index in [0.29, 0.717) is 11.3 Å². The number of benzene rings is 1. The molecule has 0 saturated heterocycles. The van der Waals surface area contributed by atoms with Crippen molar-refractivity contribution in [3.05, 3.63) is 29.8 Å². The summed E-state index contributed by atoms with van der Waals surface area (Å²) in [7, 11) is 1.42. The zero-order valence-corrected chi connectivity index (χ0v) is 12.4. The maximum atomic E-state index is 11.6. The molecule has 114 valence electrons. The van der Waals surface area contributed by atoms with Gasteiger partial charge < -0.3 is 19.3 Å². The highest BCUT2D eigenvalue weighted by molar-refractivity contribution is 5.85. The van der Waals surface area contributed by atoms with Crippen molar-refractivity contribution >= 4 is 18.2 Å². The van der Waals surface area contributed by atoms with Crippen LogP contribution in [0.3, 0.4) is 0 Å². The molecule has 0 amide bonds. The fourth-order valence-corrected chi connectivity index (χ4v) is 1.40. The van der Waals surface area contributed by atoms with Crippen LogP contribution < -0.4 is 9.47 Å². The van der Waals surface area contributed by atoms with Crippen LogP contribution in [0.15, 0.2) is 24.3 Å². The van der Waals surface area contributed by atoms with Gasteiger partial charge in [0.15, 0.2) is 11.5 Å². The molecular weight excluding hydrogens is 276 g/mol. The Kier molecular flexibility index (Phi) is 5.35. The fraction of sp³-hybridized carbons (Fsp3) is 0.333. The summed E-state index contributed by atoms with van der Waals surface area (Å²) in [6, 6.07) is 4.66. The van der Waals surface area contributed by atoms with Gasteiger partial charge in [0, 0.05) is 6.08 Å². The van der Waals surface area contributed by atoms with Gasteiger partial charge in [0.25, 0.3) is 0 Å². The van der Waals surface area contributed by atoms with Crippen LogP contribution in [0.1, 0.15) is 26.3 Å². The molecular formula is C15H18O6. The Morgan fingerprint density at radius 1 is 1.19 bits per heavy atom. The quantitative estimate of drug-likeness (QED) is 0.522. The van der Waals surface area contributed by atoms with E-state index in [4.69, 9.17) is 19.3 Å². The van der Waals surface area contributed by atoms with Crippen LogP contribution in [0.2, 0.25) is 0 Å². The van der Waals surface area contributed by atoms with E-state index in [1.165, 1.54) is 19.3 Å². The number of carbonyl (C=O) groups is 2. The molecule has 1 aromatic rings. The van der Waals surface area contributed by atoms with Crippen molar-refractivity contribution in [2.75, 3.05) is 7.11 Å². The Morgan fingerprint density at radius 2 is 1.86 bits per heavy atom. The predicted octanol–water partition coefficient (Wildman–Crippen LogP) is 3.11. The molecule has 0 spiro atoms. The van der Waals surface area contributed by atoms with Crippen LogP contribution in [0.25, 0.3) is 6.08 Å². The largest absolute Gasteiger partial charge is 0.514 e. The minimum atomic E-state index is -1.05. The number of hydrogen-bond acceptors (Lipinski definition) is 5. The second-order valence-electron chi connectivity index (χ2n) is 5.15. The first-order chi connectivity index (χ1) is 9.71. The molecule has 0 unspecified atom stereocenters. The number of hydrogen-bond donors (Lipinski definition) is 1. The van der Waals surface area contributed by atoms with E-state index in [0.717, 1.165) is 6.08 Å². The zero-order valence-electron chi connectivity index (χ0n) is 12.4. The molecule has 1 aromatic carbocycles. The Balaban J connectivity index is 2.89. The van der Waals surface area contributed by atoms with Crippen LogP contribution in [0.5, 0.6) is 11.5 Å². The van der Waals surface area contributed by atoms with Gasteiger partial charge in [-0.25, -0.2) is 9.59 Å². The molecule has 0 aromatic heterocycles. The molecule has 0 bridgehead atoms. The van der Waals surface area contributed by atoms with Gasteiger partial charge in [-0.2, -0.15) is 0 Å². The summed E-state index contributed by atoms with van der Waals surface area (Å²) >= 11 is 0. The average molecular weight is 294 g/mol. The van der Waals surface area contributed by atoms with Gasteiger partial charge in [0.1, 0.15) is 5.60 Å². The number of rotatable bonds is 4. The smallest absolute Gasteiger partial charge is 0.493 e. The van der Waals surface area contributed by atoms with Gasteiger partial charge in [0.2, 0.25) is 0 Å². The van der Waals surface area contributed by atoms with Crippen molar-refractivity contribution in [1.82, 2.24) is 0 Å². The summed E-state index contributed by atoms with van der Waals surface area (Å²) in [5, 5.41) is 8.58. The highest BCUT2D eigenvalue weighted by atomic mass is 16.7. The maximum absolute atomic E-state index is 11.6. The topological polar surface area (TPSA) is 82.1 Å². The van der Waals surface area contributed by atoms with Crippen LogP contribution in [-0.4, -0.2) is 29.9 Å². The minimum Gasteiger partial charge on any atom is -0.493 e. The van der Waals surface area contributed by atoms with Crippen LogP contribution >= 0.6 is 0 Å². The van der Waals surface area contributed by atoms with E-state index < -0.39 is 17.7 Å². The Morgan fingerprint density at radius 3 is 2.38 bits per heavy atom. The Labute approximate surface area is 122 Å². The number of carboxylic acids is 1. The number of methoxy groups -OCH3 is 1. The molecule has 0 aliphatic heterocycles. The molecule has 0 radical (unpaired) electrons. The van der Waals surface area contributed by atoms with Crippen molar-refractivity contribution < 1.29 is 28.9 Å². The Hall–Kier alpha value is -2.50. The first-order valence-corrected chi connectivity index (χ1v) is 6.21. The summed E-state index contributed by atoms with van der Waals surface area (Å²) in [5.74, 6) is -0.560. The zero-order chi connectivity index (χ0) is 16.0. The lowest BCUT2D eigenvalue weighted by Crippen LogP contribution is -2.26. The summed E-state index contributed by atoms with van der Waals surface area (Å²) in [6.07, 6.45) is 1.57. The fourth-order valence-electron chi connectivity index (χ4n) is 1.40. The van der Waals surface area contributed by atoms with E-state index in [1.54, 1.807) is 32.9 Å². The molecule has 0 aliphatic rings. The summed E-state index contributed by atoms with van der Waals surface area (Å²) < 4.78 is 15.2. The van der Waals surface area contributed by atoms with E-state index in [2.05, 4.69) is 0 Å². The lowest BCUT2D eigenvalue weighted by atomic mass is 10.2. The van der Waals surface area contributed by atoms with E-state index >= 15 is 0 Å².